The molecule has 21 heavy (non-hydrogen) atoms. The zero-order valence-electron chi connectivity index (χ0n) is 11.7. The Morgan fingerprint density at radius 1 is 1.38 bits per heavy atom. The fourth-order valence-corrected chi connectivity index (χ4v) is 3.25. The number of sulfonamides is 1. The van der Waals surface area contributed by atoms with Crippen LogP contribution in [0.25, 0.3) is 0 Å². The van der Waals surface area contributed by atoms with Gasteiger partial charge in [-0.05, 0) is 48.0 Å². The maximum absolute atomic E-state index is 13.5. The van der Waals surface area contributed by atoms with Crippen molar-refractivity contribution in [3.05, 3.63) is 45.5 Å². The number of aromatic nitrogens is 1. The van der Waals surface area contributed by atoms with E-state index in [1.54, 1.807) is 13.8 Å². The molecule has 0 unspecified atom stereocenters. The molecule has 0 N–H and O–H groups in total. The van der Waals surface area contributed by atoms with Gasteiger partial charge in [0.1, 0.15) is 11.6 Å². The average molecular weight is 377 g/mol. The van der Waals surface area contributed by atoms with Crippen LogP contribution in [0.2, 0.25) is 0 Å². The predicted octanol–water partition coefficient (Wildman–Crippen LogP) is 3.01. The molecule has 8 heteroatoms. The Morgan fingerprint density at radius 2 is 2.05 bits per heavy atom. The molecular weight excluding hydrogens is 363 g/mol. The van der Waals surface area contributed by atoms with E-state index in [0.717, 1.165) is 10.4 Å². The number of hydrogen-bond acceptors (Lipinski definition) is 4. The third-order valence-corrected chi connectivity index (χ3v) is 5.60. The number of hydrogen-bond donors (Lipinski definition) is 0. The number of nitrogens with zero attached hydrogens (tertiary/aromatic N) is 2. The second kappa shape index (κ2) is 5.86. The average Bonchev–Trinajstić information content (AvgIpc) is 2.73. The first-order valence-corrected chi connectivity index (χ1v) is 8.30. The lowest BCUT2D eigenvalue weighted by Crippen LogP contribution is -2.27. The first-order valence-electron chi connectivity index (χ1n) is 6.06. The standard InChI is InChI=1S/C13H14BrFN2O3S/c1-8-11(9(2)20-16-8)7-17(3)21(18,19)10-4-5-12(14)13(15)6-10/h4-6H,7H2,1-3H3. The summed E-state index contributed by atoms with van der Waals surface area (Å²) in [6.45, 7) is 3.57. The van der Waals surface area contributed by atoms with Crippen LogP contribution in [-0.4, -0.2) is 24.9 Å². The van der Waals surface area contributed by atoms with Crippen LogP contribution < -0.4 is 0 Å². The summed E-state index contributed by atoms with van der Waals surface area (Å²) < 4.78 is 44.8. The molecule has 0 saturated carbocycles. The highest BCUT2D eigenvalue weighted by molar-refractivity contribution is 9.10. The lowest BCUT2D eigenvalue weighted by atomic mass is 10.2. The van der Waals surface area contributed by atoms with Crippen molar-refractivity contribution in [2.24, 2.45) is 0 Å². The van der Waals surface area contributed by atoms with Crippen LogP contribution in [0.4, 0.5) is 4.39 Å². The molecule has 2 aromatic rings. The molecule has 0 fully saturated rings. The Morgan fingerprint density at radius 3 is 2.57 bits per heavy atom. The SMILES string of the molecule is Cc1noc(C)c1CN(C)S(=O)(=O)c1ccc(Br)c(F)c1. The molecule has 0 atom stereocenters. The fourth-order valence-electron chi connectivity index (χ4n) is 1.85. The lowest BCUT2D eigenvalue weighted by molar-refractivity contribution is 0.390. The molecule has 1 aromatic heterocycles. The smallest absolute Gasteiger partial charge is 0.243 e. The third kappa shape index (κ3) is 3.17. The number of halogens is 2. The molecule has 0 spiro atoms. The van der Waals surface area contributed by atoms with E-state index in [1.165, 1.54) is 19.2 Å². The van der Waals surface area contributed by atoms with Gasteiger partial charge in [0.05, 0.1) is 15.1 Å². The van der Waals surface area contributed by atoms with Gasteiger partial charge >= 0.3 is 0 Å². The van der Waals surface area contributed by atoms with Gasteiger partial charge in [-0.15, -0.1) is 0 Å². The highest BCUT2D eigenvalue weighted by Crippen LogP contribution is 2.23. The minimum absolute atomic E-state index is 0.0996. The van der Waals surface area contributed by atoms with E-state index in [1.807, 2.05) is 0 Å². The number of benzene rings is 1. The maximum atomic E-state index is 13.5. The normalized spacial score (nSPS) is 12.1. The summed E-state index contributed by atoms with van der Waals surface area (Å²) in [7, 11) is -2.35. The second-order valence-electron chi connectivity index (χ2n) is 4.64. The zero-order valence-corrected chi connectivity index (χ0v) is 14.1. The highest BCUT2D eigenvalue weighted by Gasteiger charge is 2.24. The monoisotopic (exact) mass is 376 g/mol. The fraction of sp³-hybridized carbons (Fsp3) is 0.308. The Labute approximate surface area is 130 Å². The summed E-state index contributed by atoms with van der Waals surface area (Å²) in [4.78, 5) is -0.0996. The van der Waals surface area contributed by atoms with E-state index in [0.29, 0.717) is 17.0 Å². The summed E-state index contributed by atoms with van der Waals surface area (Å²) in [5.74, 6) is -0.0571. The first kappa shape index (κ1) is 16.1. The van der Waals surface area contributed by atoms with E-state index in [2.05, 4.69) is 21.1 Å². The van der Waals surface area contributed by atoms with Gasteiger partial charge in [0.25, 0.3) is 0 Å². The van der Waals surface area contributed by atoms with Crippen LogP contribution in [-0.2, 0) is 16.6 Å². The summed E-state index contributed by atoms with van der Waals surface area (Å²) >= 11 is 3.00. The highest BCUT2D eigenvalue weighted by atomic mass is 79.9. The van der Waals surface area contributed by atoms with Crippen molar-refractivity contribution < 1.29 is 17.3 Å². The van der Waals surface area contributed by atoms with Crippen LogP contribution in [0.15, 0.2) is 32.1 Å². The Bertz CT molecular complexity index is 754. The number of rotatable bonds is 4. The minimum atomic E-state index is -3.78. The predicted molar refractivity (Wildman–Crippen MR) is 78.7 cm³/mol. The van der Waals surface area contributed by atoms with Crippen molar-refractivity contribution in [3.8, 4) is 0 Å². The van der Waals surface area contributed by atoms with E-state index in [-0.39, 0.29) is 15.9 Å². The molecule has 0 aliphatic rings. The Hall–Kier alpha value is -1.25. The molecular formula is C13H14BrFN2O3S. The number of aryl methyl sites for hydroxylation is 2. The summed E-state index contributed by atoms with van der Waals surface area (Å²) in [5.41, 5.74) is 1.34. The first-order chi connectivity index (χ1) is 9.73. The van der Waals surface area contributed by atoms with Gasteiger partial charge in [-0.2, -0.15) is 4.31 Å². The van der Waals surface area contributed by atoms with Gasteiger partial charge in [-0.3, -0.25) is 0 Å². The van der Waals surface area contributed by atoms with Gasteiger partial charge < -0.3 is 4.52 Å². The van der Waals surface area contributed by atoms with Crippen LogP contribution in [0.5, 0.6) is 0 Å². The quantitative estimate of drug-likeness (QED) is 0.822. The van der Waals surface area contributed by atoms with E-state index in [4.69, 9.17) is 4.52 Å². The van der Waals surface area contributed by atoms with Crippen LogP contribution in [0, 0.1) is 19.7 Å². The summed E-state index contributed by atoms with van der Waals surface area (Å²) in [6.07, 6.45) is 0. The topological polar surface area (TPSA) is 63.4 Å². The van der Waals surface area contributed by atoms with Crippen molar-refractivity contribution in [3.63, 3.8) is 0 Å². The largest absolute Gasteiger partial charge is 0.361 e. The third-order valence-electron chi connectivity index (χ3n) is 3.16. The van der Waals surface area contributed by atoms with Crippen molar-refractivity contribution in [1.82, 2.24) is 9.46 Å². The van der Waals surface area contributed by atoms with Crippen LogP contribution >= 0.6 is 15.9 Å². The Balaban J connectivity index is 2.32. The van der Waals surface area contributed by atoms with Crippen molar-refractivity contribution >= 4 is 26.0 Å². The Kier molecular flexibility index (Phi) is 4.50. The van der Waals surface area contributed by atoms with Crippen LogP contribution in [0.1, 0.15) is 17.0 Å². The lowest BCUT2D eigenvalue weighted by Gasteiger charge is -2.17. The molecule has 2 rings (SSSR count). The molecule has 0 saturated heterocycles. The molecule has 114 valence electrons. The van der Waals surface area contributed by atoms with E-state index >= 15 is 0 Å². The molecule has 0 radical (unpaired) electrons. The van der Waals surface area contributed by atoms with Gasteiger partial charge in [-0.25, -0.2) is 12.8 Å². The van der Waals surface area contributed by atoms with Crippen molar-refractivity contribution in [2.45, 2.75) is 25.3 Å². The summed E-state index contributed by atoms with van der Waals surface area (Å²) in [6, 6.07) is 3.71. The van der Waals surface area contributed by atoms with Crippen molar-refractivity contribution in [1.29, 1.82) is 0 Å². The second-order valence-corrected chi connectivity index (χ2v) is 7.54. The molecule has 0 aliphatic heterocycles. The molecule has 0 amide bonds. The van der Waals surface area contributed by atoms with Gasteiger partial charge in [0.2, 0.25) is 10.0 Å². The zero-order chi connectivity index (χ0) is 15.8. The molecule has 1 aromatic carbocycles. The van der Waals surface area contributed by atoms with Gasteiger partial charge in [0.15, 0.2) is 0 Å². The van der Waals surface area contributed by atoms with Gasteiger partial charge in [-0.1, -0.05) is 5.16 Å². The molecule has 5 nitrogen and oxygen atoms in total. The molecule has 1 heterocycles. The maximum Gasteiger partial charge on any atom is 0.243 e. The summed E-state index contributed by atoms with van der Waals surface area (Å²) in [5, 5.41) is 3.79. The van der Waals surface area contributed by atoms with Gasteiger partial charge in [0, 0.05) is 19.2 Å². The minimum Gasteiger partial charge on any atom is -0.361 e. The molecule has 0 aliphatic carbocycles. The molecule has 0 bridgehead atoms. The van der Waals surface area contributed by atoms with E-state index in [9.17, 15) is 12.8 Å². The van der Waals surface area contributed by atoms with E-state index < -0.39 is 15.8 Å². The van der Waals surface area contributed by atoms with Crippen LogP contribution in [0.3, 0.4) is 0 Å². The van der Waals surface area contributed by atoms with Crippen molar-refractivity contribution in [2.75, 3.05) is 7.05 Å².